The molecular weight excluding hydrogens is 415 g/mol. The number of fused-ring (bicyclic) bond motifs is 2. The fourth-order valence-electron chi connectivity index (χ4n) is 4.06. The second kappa shape index (κ2) is 6.66. The minimum atomic E-state index is -0.996. The third kappa shape index (κ3) is 2.88. The molecule has 8 nitrogen and oxygen atoms in total. The topological polar surface area (TPSA) is 97.5 Å². The Hall–Kier alpha value is -3.20. The van der Waals surface area contributed by atoms with E-state index in [9.17, 15) is 19.7 Å². The van der Waals surface area contributed by atoms with Crippen molar-refractivity contribution in [2.75, 3.05) is 24.5 Å². The van der Waals surface area contributed by atoms with Crippen molar-refractivity contribution in [1.29, 1.82) is 0 Å². The molecule has 154 valence electrons. The average molecular weight is 431 g/mol. The van der Waals surface area contributed by atoms with Gasteiger partial charge in [0.15, 0.2) is 0 Å². The molecule has 5 rings (SSSR count). The number of nitrogens with zero attached hydrogens (tertiary/aromatic N) is 3. The molecule has 3 aliphatic rings. The van der Waals surface area contributed by atoms with Crippen molar-refractivity contribution in [2.45, 2.75) is 18.9 Å². The molecule has 3 heterocycles. The molecule has 0 radical (unpaired) electrons. The highest BCUT2D eigenvalue weighted by Crippen LogP contribution is 2.43. The summed E-state index contributed by atoms with van der Waals surface area (Å²) in [6.45, 7) is 0.120. The number of Topliss-reactive ketones (excluding diaryl/α,β-unsaturated/α-hetero) is 1. The van der Waals surface area contributed by atoms with E-state index in [0.29, 0.717) is 18.6 Å². The summed E-state index contributed by atoms with van der Waals surface area (Å²) in [5.74, 6) is -1.59. The molecule has 30 heavy (non-hydrogen) atoms. The Bertz CT molecular complexity index is 1260. The van der Waals surface area contributed by atoms with E-state index in [1.807, 2.05) is 12.4 Å². The van der Waals surface area contributed by atoms with Gasteiger partial charge in [0.25, 0.3) is 6.54 Å². The lowest BCUT2D eigenvalue weighted by molar-refractivity contribution is -0.465. The van der Waals surface area contributed by atoms with Crippen LogP contribution in [-0.4, -0.2) is 34.9 Å². The molecule has 0 spiro atoms. The van der Waals surface area contributed by atoms with E-state index in [4.69, 9.17) is 11.6 Å². The minimum absolute atomic E-state index is 0.00860. The van der Waals surface area contributed by atoms with E-state index < -0.39 is 28.5 Å². The molecule has 10 heteroatoms. The van der Waals surface area contributed by atoms with Gasteiger partial charge in [-0.3, -0.25) is 19.7 Å². The largest absolute Gasteiger partial charge is 0.386 e. The second-order valence-electron chi connectivity index (χ2n) is 7.67. The Morgan fingerprint density at radius 3 is 2.80 bits per heavy atom. The fraction of sp³-hybridized carbons (Fsp3) is 0.300. The molecule has 1 saturated carbocycles. The maximum absolute atomic E-state index is 15.1. The number of halogens is 2. The number of anilines is 1. The van der Waals surface area contributed by atoms with Gasteiger partial charge in [-0.15, -0.1) is 0 Å². The van der Waals surface area contributed by atoms with Crippen LogP contribution in [-0.2, 0) is 0 Å². The molecule has 0 saturated heterocycles. The van der Waals surface area contributed by atoms with Crippen molar-refractivity contribution in [2.24, 2.45) is 0 Å². The van der Waals surface area contributed by atoms with Crippen LogP contribution in [0.4, 0.5) is 10.1 Å². The number of hydrogen-bond acceptors (Lipinski definition) is 6. The Morgan fingerprint density at radius 1 is 1.37 bits per heavy atom. The van der Waals surface area contributed by atoms with Crippen LogP contribution >= 0.6 is 11.6 Å². The quantitative estimate of drug-likeness (QED) is 0.445. The summed E-state index contributed by atoms with van der Waals surface area (Å²) < 4.78 is 16.8. The fourth-order valence-corrected chi connectivity index (χ4v) is 4.46. The number of rotatable bonds is 5. The van der Waals surface area contributed by atoms with Crippen LogP contribution in [0.5, 0.6) is 0 Å². The monoisotopic (exact) mass is 430 g/mol. The lowest BCUT2D eigenvalue weighted by atomic mass is 10.1. The van der Waals surface area contributed by atoms with Crippen LogP contribution in [0.3, 0.4) is 0 Å². The standard InChI is InChI=1S/C20H16ClFN4O4/c21-17-18-13(3-15(22)19(17)24-6-10-4-23-5-11(10)7-24)20(28)14(16(27)9-26(29)30)8-25(18)12-1-2-12/h3-4,7-8,12,23H,1-2,5-6,9H2. The van der Waals surface area contributed by atoms with Crippen molar-refractivity contribution in [3.63, 3.8) is 0 Å². The predicted molar refractivity (Wildman–Crippen MR) is 109 cm³/mol. The average Bonchev–Trinajstić information content (AvgIpc) is 3.30. The maximum atomic E-state index is 15.1. The first-order chi connectivity index (χ1) is 14.3. The molecule has 1 aliphatic carbocycles. The van der Waals surface area contributed by atoms with Gasteiger partial charge in [-0.1, -0.05) is 11.6 Å². The van der Waals surface area contributed by atoms with Crippen LogP contribution in [0.2, 0.25) is 5.02 Å². The first-order valence-electron chi connectivity index (χ1n) is 9.47. The van der Waals surface area contributed by atoms with Crippen molar-refractivity contribution >= 4 is 34.0 Å². The number of benzene rings is 1. The van der Waals surface area contributed by atoms with Crippen molar-refractivity contribution < 1.29 is 14.1 Å². The van der Waals surface area contributed by atoms with Gasteiger partial charge < -0.3 is 14.8 Å². The highest BCUT2D eigenvalue weighted by atomic mass is 35.5. The summed E-state index contributed by atoms with van der Waals surface area (Å²) in [7, 11) is 0. The Kier molecular flexibility index (Phi) is 4.18. The molecule has 1 fully saturated rings. The van der Waals surface area contributed by atoms with Gasteiger partial charge in [0.05, 0.1) is 27.2 Å². The smallest absolute Gasteiger partial charge is 0.266 e. The normalized spacial score (nSPS) is 17.6. The molecule has 1 aromatic heterocycles. The Morgan fingerprint density at radius 2 is 2.13 bits per heavy atom. The van der Waals surface area contributed by atoms with Gasteiger partial charge >= 0.3 is 0 Å². The van der Waals surface area contributed by atoms with Gasteiger partial charge in [-0.2, -0.15) is 0 Å². The van der Waals surface area contributed by atoms with Crippen LogP contribution in [0, 0.1) is 15.9 Å². The zero-order chi connectivity index (χ0) is 21.2. The van der Waals surface area contributed by atoms with E-state index in [0.717, 1.165) is 30.1 Å². The number of carbonyl (C=O) groups is 1. The number of ketones is 1. The number of hydrogen-bond donors (Lipinski definition) is 1. The van der Waals surface area contributed by atoms with E-state index in [-0.39, 0.29) is 27.7 Å². The van der Waals surface area contributed by atoms with E-state index in [2.05, 4.69) is 5.32 Å². The number of pyridine rings is 1. The minimum Gasteiger partial charge on any atom is -0.386 e. The van der Waals surface area contributed by atoms with Crippen LogP contribution in [0.1, 0.15) is 29.2 Å². The molecule has 1 N–H and O–H groups in total. The first kappa shape index (κ1) is 18.8. The lowest BCUT2D eigenvalue weighted by Gasteiger charge is -2.21. The number of carbonyl (C=O) groups excluding carboxylic acids is 1. The van der Waals surface area contributed by atoms with Crippen molar-refractivity contribution in [3.05, 3.63) is 72.6 Å². The number of nitrogens with one attached hydrogen (secondary N) is 1. The Labute approximate surface area is 174 Å². The summed E-state index contributed by atoms with van der Waals surface area (Å²) >= 11 is 6.65. The second-order valence-corrected chi connectivity index (χ2v) is 8.05. The molecule has 2 aliphatic heterocycles. The summed E-state index contributed by atoms with van der Waals surface area (Å²) in [5.41, 5.74) is 1.55. The molecular formula is C20H16ClFN4O4. The van der Waals surface area contributed by atoms with Crippen LogP contribution in [0.25, 0.3) is 10.9 Å². The highest BCUT2D eigenvalue weighted by Gasteiger charge is 2.32. The number of aromatic nitrogens is 1. The third-order valence-electron chi connectivity index (χ3n) is 5.62. The SMILES string of the molecule is O=C(C[N+](=O)[O-])c1cn(C2CC2)c2c(Cl)c(N3C=C4CNC=C4C3)c(F)cc2c1=O. The summed E-state index contributed by atoms with van der Waals surface area (Å²) in [5, 5.41) is 13.9. The molecule has 0 amide bonds. The van der Waals surface area contributed by atoms with Crippen LogP contribution < -0.4 is 15.6 Å². The first-order valence-corrected chi connectivity index (χ1v) is 9.85. The lowest BCUT2D eigenvalue weighted by Crippen LogP contribution is -2.25. The molecule has 0 bridgehead atoms. The van der Waals surface area contributed by atoms with Gasteiger partial charge in [0, 0.05) is 42.7 Å². The molecule has 1 aromatic carbocycles. The summed E-state index contributed by atoms with van der Waals surface area (Å²) in [6.07, 6.45) is 6.68. The zero-order valence-electron chi connectivity index (χ0n) is 15.7. The van der Waals surface area contributed by atoms with Crippen molar-refractivity contribution in [1.82, 2.24) is 9.88 Å². The van der Waals surface area contributed by atoms with Gasteiger partial charge in [-0.05, 0) is 30.1 Å². The predicted octanol–water partition coefficient (Wildman–Crippen LogP) is 2.78. The zero-order valence-corrected chi connectivity index (χ0v) is 16.4. The van der Waals surface area contributed by atoms with Gasteiger partial charge in [0.1, 0.15) is 5.82 Å². The molecule has 2 aromatic rings. The molecule has 0 unspecified atom stereocenters. The summed E-state index contributed by atoms with van der Waals surface area (Å²) in [6, 6.07) is 1.09. The van der Waals surface area contributed by atoms with Gasteiger partial charge in [0.2, 0.25) is 11.2 Å². The number of nitro groups is 1. The Balaban J connectivity index is 1.72. The summed E-state index contributed by atoms with van der Waals surface area (Å²) in [4.78, 5) is 36.9. The van der Waals surface area contributed by atoms with E-state index >= 15 is 4.39 Å². The van der Waals surface area contributed by atoms with Crippen molar-refractivity contribution in [3.8, 4) is 0 Å². The third-order valence-corrected chi connectivity index (χ3v) is 5.98. The highest BCUT2D eigenvalue weighted by molar-refractivity contribution is 6.38. The van der Waals surface area contributed by atoms with E-state index in [1.165, 1.54) is 6.20 Å². The van der Waals surface area contributed by atoms with Crippen LogP contribution in [0.15, 0.2) is 40.6 Å². The van der Waals surface area contributed by atoms with E-state index in [1.54, 1.807) is 9.47 Å². The van der Waals surface area contributed by atoms with Gasteiger partial charge in [-0.25, -0.2) is 4.39 Å². The molecule has 0 atom stereocenters. The maximum Gasteiger partial charge on any atom is 0.266 e.